The van der Waals surface area contributed by atoms with Crippen LogP contribution in [0.4, 0.5) is 5.82 Å². The van der Waals surface area contributed by atoms with Crippen molar-refractivity contribution >= 4 is 40.8 Å². The van der Waals surface area contributed by atoms with E-state index in [0.29, 0.717) is 34.1 Å². The van der Waals surface area contributed by atoms with Crippen molar-refractivity contribution in [1.82, 2.24) is 15.5 Å². The number of hydrogen-bond acceptors (Lipinski definition) is 6. The Bertz CT molecular complexity index is 1340. The first-order chi connectivity index (χ1) is 16.1. The molecule has 10 heteroatoms. The van der Waals surface area contributed by atoms with Gasteiger partial charge < -0.3 is 19.9 Å². The minimum absolute atomic E-state index is 0.124. The van der Waals surface area contributed by atoms with Gasteiger partial charge in [-0.15, -0.1) is 0 Å². The summed E-state index contributed by atoms with van der Waals surface area (Å²) in [4.78, 5) is 43.0. The number of ketones is 1. The smallest absolute Gasteiger partial charge is 0.301 e. The number of rotatable bonds is 5. The number of amides is 2. The number of hydrogen-bond donors (Lipinski definition) is 3. The summed E-state index contributed by atoms with van der Waals surface area (Å²) < 4.78 is 5.13. The predicted octanol–water partition coefficient (Wildman–Crippen LogP) is 3.96. The van der Waals surface area contributed by atoms with Crippen molar-refractivity contribution in [2.75, 3.05) is 11.4 Å². The highest BCUT2D eigenvalue weighted by atomic mass is 35.5. The first-order valence-electron chi connectivity index (χ1n) is 10.6. The summed E-state index contributed by atoms with van der Waals surface area (Å²) in [5.74, 6) is -1.86. The van der Waals surface area contributed by atoms with Gasteiger partial charge in [0.05, 0.1) is 11.6 Å². The number of aromatic nitrogens is 2. The van der Waals surface area contributed by atoms with Gasteiger partial charge in [-0.2, -0.15) is 0 Å². The number of aromatic amines is 1. The molecule has 0 saturated carbocycles. The van der Waals surface area contributed by atoms with Gasteiger partial charge >= 0.3 is 5.91 Å². The van der Waals surface area contributed by atoms with E-state index >= 15 is 0 Å². The third-order valence-corrected chi connectivity index (χ3v) is 5.98. The highest BCUT2D eigenvalue weighted by Crippen LogP contribution is 2.43. The molecule has 3 aromatic rings. The number of halogens is 1. The van der Waals surface area contributed by atoms with Crippen LogP contribution in [0.15, 0.2) is 40.4 Å². The van der Waals surface area contributed by atoms with Crippen molar-refractivity contribution in [1.29, 1.82) is 0 Å². The van der Waals surface area contributed by atoms with E-state index in [2.05, 4.69) is 15.5 Å². The first-order valence-corrected chi connectivity index (χ1v) is 11.0. The standard InChI is InChI=1S/C24H23ClN4O5/c1-5-26-23(32)19-12(3)17(13(4)27-19)21(30)18-20(14-6-8-15(25)9-7-14)29(24(33)22(18)31)16-10-11(2)34-28-16/h6-10,20,27,30H,5H2,1-4H3,(H,26,32)/b21-18+. The number of nitrogens with zero attached hydrogens (tertiary/aromatic N) is 2. The van der Waals surface area contributed by atoms with Gasteiger partial charge in [-0.1, -0.05) is 28.9 Å². The molecule has 3 heterocycles. The van der Waals surface area contributed by atoms with Gasteiger partial charge in [0, 0.05) is 28.9 Å². The third kappa shape index (κ3) is 3.77. The van der Waals surface area contributed by atoms with E-state index in [0.717, 1.165) is 0 Å². The van der Waals surface area contributed by atoms with Gasteiger partial charge in [0.2, 0.25) is 0 Å². The van der Waals surface area contributed by atoms with Crippen molar-refractivity contribution in [2.24, 2.45) is 0 Å². The van der Waals surface area contributed by atoms with E-state index in [-0.39, 0.29) is 34.3 Å². The summed E-state index contributed by atoms with van der Waals surface area (Å²) >= 11 is 6.05. The summed E-state index contributed by atoms with van der Waals surface area (Å²) in [5.41, 5.74) is 1.91. The van der Waals surface area contributed by atoms with E-state index in [1.807, 2.05) is 0 Å². The molecule has 34 heavy (non-hydrogen) atoms. The number of Topliss-reactive ketones (excluding diaryl/α,β-unsaturated/α-hetero) is 1. The maximum Gasteiger partial charge on any atom is 0.301 e. The van der Waals surface area contributed by atoms with E-state index in [1.165, 1.54) is 11.0 Å². The highest BCUT2D eigenvalue weighted by Gasteiger charge is 2.48. The first kappa shape index (κ1) is 23.3. The lowest BCUT2D eigenvalue weighted by Crippen LogP contribution is -2.29. The van der Waals surface area contributed by atoms with E-state index in [4.69, 9.17) is 16.1 Å². The second-order valence-electron chi connectivity index (χ2n) is 8.00. The van der Waals surface area contributed by atoms with Crippen LogP contribution < -0.4 is 10.2 Å². The van der Waals surface area contributed by atoms with Crippen molar-refractivity contribution in [3.05, 3.63) is 74.8 Å². The van der Waals surface area contributed by atoms with Crippen molar-refractivity contribution in [2.45, 2.75) is 33.7 Å². The third-order valence-electron chi connectivity index (χ3n) is 5.73. The summed E-state index contributed by atoms with van der Waals surface area (Å²) in [7, 11) is 0. The molecule has 9 nitrogen and oxygen atoms in total. The zero-order valence-corrected chi connectivity index (χ0v) is 19.8. The van der Waals surface area contributed by atoms with Crippen LogP contribution >= 0.6 is 11.6 Å². The molecular formula is C24H23ClN4O5. The van der Waals surface area contributed by atoms with Gasteiger partial charge in [0.15, 0.2) is 5.82 Å². The van der Waals surface area contributed by atoms with Gasteiger partial charge in [0.1, 0.15) is 17.2 Å². The van der Waals surface area contributed by atoms with Crippen LogP contribution in [-0.2, 0) is 9.59 Å². The Labute approximate surface area is 200 Å². The Morgan fingerprint density at radius 1 is 1.24 bits per heavy atom. The number of aryl methyl sites for hydroxylation is 2. The lowest BCUT2D eigenvalue weighted by molar-refractivity contribution is -0.132. The molecule has 2 amide bonds. The fourth-order valence-corrected chi connectivity index (χ4v) is 4.34. The number of carbonyl (C=O) groups is 3. The second-order valence-corrected chi connectivity index (χ2v) is 8.44. The molecule has 1 aliphatic rings. The fourth-order valence-electron chi connectivity index (χ4n) is 4.21. The second kappa shape index (κ2) is 8.83. The number of benzene rings is 1. The summed E-state index contributed by atoms with van der Waals surface area (Å²) in [6, 6.07) is 7.15. The van der Waals surface area contributed by atoms with Crippen LogP contribution in [0.5, 0.6) is 0 Å². The van der Waals surface area contributed by atoms with Gasteiger partial charge in [-0.05, 0) is 51.0 Å². The van der Waals surface area contributed by atoms with Crippen LogP contribution in [0.3, 0.4) is 0 Å². The number of aliphatic hydroxyl groups excluding tert-OH is 1. The molecule has 1 aromatic carbocycles. The van der Waals surface area contributed by atoms with Crippen LogP contribution in [0.1, 0.15) is 51.6 Å². The minimum atomic E-state index is -0.983. The Morgan fingerprint density at radius 2 is 1.91 bits per heavy atom. The Kier molecular flexibility index (Phi) is 6.05. The molecule has 1 fully saturated rings. The molecule has 0 bridgehead atoms. The molecule has 4 rings (SSSR count). The topological polar surface area (TPSA) is 129 Å². The number of aliphatic hydroxyl groups is 1. The Balaban J connectivity index is 1.95. The van der Waals surface area contributed by atoms with Crippen LogP contribution in [0.2, 0.25) is 5.02 Å². The molecule has 0 spiro atoms. The summed E-state index contributed by atoms with van der Waals surface area (Å²) in [6.07, 6.45) is 0. The van der Waals surface area contributed by atoms with Crippen LogP contribution in [0.25, 0.3) is 5.76 Å². The fraction of sp³-hybridized carbons (Fsp3) is 0.250. The molecule has 1 unspecified atom stereocenters. The molecule has 176 valence electrons. The molecule has 3 N–H and O–H groups in total. The number of H-pyrrole nitrogens is 1. The Morgan fingerprint density at radius 3 is 2.50 bits per heavy atom. The van der Waals surface area contributed by atoms with E-state index in [1.54, 1.807) is 52.0 Å². The molecule has 1 atom stereocenters. The van der Waals surface area contributed by atoms with Gasteiger partial charge in [-0.25, -0.2) is 0 Å². The largest absolute Gasteiger partial charge is 0.507 e. The van der Waals surface area contributed by atoms with Crippen molar-refractivity contribution in [3.8, 4) is 0 Å². The normalized spacial score (nSPS) is 17.4. The number of anilines is 1. The predicted molar refractivity (Wildman–Crippen MR) is 126 cm³/mol. The molecule has 2 aromatic heterocycles. The molecule has 0 aliphatic carbocycles. The zero-order chi connectivity index (χ0) is 24.7. The quantitative estimate of drug-likeness (QED) is 0.287. The lowest BCUT2D eigenvalue weighted by Gasteiger charge is -2.23. The number of nitrogens with one attached hydrogen (secondary N) is 2. The average molecular weight is 483 g/mol. The summed E-state index contributed by atoms with van der Waals surface area (Å²) in [6.45, 7) is 7.23. The summed E-state index contributed by atoms with van der Waals surface area (Å²) in [5, 5.41) is 18.5. The van der Waals surface area contributed by atoms with Crippen LogP contribution in [0, 0.1) is 20.8 Å². The van der Waals surface area contributed by atoms with Crippen molar-refractivity contribution < 1.29 is 24.0 Å². The Hall–Kier alpha value is -3.85. The molecule has 1 saturated heterocycles. The van der Waals surface area contributed by atoms with Crippen LogP contribution in [-0.4, -0.2) is 39.4 Å². The number of carbonyl (C=O) groups excluding carboxylic acids is 3. The minimum Gasteiger partial charge on any atom is -0.507 e. The monoisotopic (exact) mass is 482 g/mol. The van der Waals surface area contributed by atoms with E-state index in [9.17, 15) is 19.5 Å². The zero-order valence-electron chi connectivity index (χ0n) is 19.0. The highest BCUT2D eigenvalue weighted by molar-refractivity contribution is 6.51. The lowest BCUT2D eigenvalue weighted by atomic mass is 9.94. The molecule has 0 radical (unpaired) electrons. The van der Waals surface area contributed by atoms with Gasteiger partial charge in [0.25, 0.3) is 11.7 Å². The maximum atomic E-state index is 13.2. The maximum absolute atomic E-state index is 13.2. The van der Waals surface area contributed by atoms with Crippen molar-refractivity contribution in [3.63, 3.8) is 0 Å². The average Bonchev–Trinajstić information content (AvgIpc) is 3.43. The van der Waals surface area contributed by atoms with E-state index < -0.39 is 17.7 Å². The molecule has 1 aliphatic heterocycles. The SMILES string of the molecule is CCNC(=O)c1[nH]c(C)c(/C(O)=C2\C(=O)C(=O)N(c3cc(C)on3)C2c2ccc(Cl)cc2)c1C. The molecular weight excluding hydrogens is 460 g/mol. The van der Waals surface area contributed by atoms with Gasteiger partial charge in [-0.3, -0.25) is 19.3 Å².